The number of nitrogens with one attached hydrogen (secondary N) is 1. The lowest BCUT2D eigenvalue weighted by Crippen LogP contribution is -2.26. The van der Waals surface area contributed by atoms with Gasteiger partial charge in [-0.2, -0.15) is 0 Å². The van der Waals surface area contributed by atoms with E-state index in [1.165, 1.54) is 0 Å². The lowest BCUT2D eigenvalue weighted by molar-refractivity contribution is -0.121. The molecule has 0 aliphatic heterocycles. The first-order valence-corrected chi connectivity index (χ1v) is 9.54. The van der Waals surface area contributed by atoms with E-state index in [1.807, 2.05) is 36.4 Å². The number of para-hydroxylation sites is 1. The summed E-state index contributed by atoms with van der Waals surface area (Å²) in [5.41, 5.74) is 1.66. The van der Waals surface area contributed by atoms with Crippen LogP contribution in [0.3, 0.4) is 0 Å². The maximum Gasteiger partial charge on any atom is 0.261 e. The van der Waals surface area contributed by atoms with Crippen molar-refractivity contribution >= 4 is 16.8 Å². The van der Waals surface area contributed by atoms with E-state index in [2.05, 4.69) is 10.3 Å². The number of carbonyl (C=O) groups excluding carboxylic acids is 1. The van der Waals surface area contributed by atoms with Crippen LogP contribution in [-0.4, -0.2) is 36.2 Å². The Morgan fingerprint density at radius 3 is 2.69 bits per heavy atom. The molecule has 1 aromatic heterocycles. The Hall–Kier alpha value is -3.35. The molecule has 3 rings (SSSR count). The molecule has 0 aliphatic rings. The average Bonchev–Trinajstić information content (AvgIpc) is 2.75. The Labute approximate surface area is 169 Å². The molecule has 29 heavy (non-hydrogen) atoms. The van der Waals surface area contributed by atoms with Gasteiger partial charge in [-0.05, 0) is 42.7 Å². The van der Waals surface area contributed by atoms with Gasteiger partial charge in [-0.25, -0.2) is 4.98 Å². The van der Waals surface area contributed by atoms with E-state index in [4.69, 9.17) is 9.47 Å². The molecule has 7 nitrogen and oxygen atoms in total. The first-order valence-electron chi connectivity index (χ1n) is 9.54. The Morgan fingerprint density at radius 1 is 1.10 bits per heavy atom. The number of benzene rings is 2. The molecule has 152 valence electrons. The summed E-state index contributed by atoms with van der Waals surface area (Å²) in [6.45, 7) is 0.992. The van der Waals surface area contributed by atoms with E-state index < -0.39 is 0 Å². The third-order valence-electron chi connectivity index (χ3n) is 4.72. The third kappa shape index (κ3) is 5.13. The van der Waals surface area contributed by atoms with Crippen LogP contribution in [0.5, 0.6) is 11.5 Å². The number of rotatable bonds is 9. The van der Waals surface area contributed by atoms with Crippen molar-refractivity contribution in [3.05, 3.63) is 64.7 Å². The summed E-state index contributed by atoms with van der Waals surface area (Å²) in [5.74, 6) is 1.32. The molecule has 2 aromatic carbocycles. The molecule has 3 aromatic rings. The molecule has 0 radical (unpaired) electrons. The van der Waals surface area contributed by atoms with Gasteiger partial charge in [0.1, 0.15) is 0 Å². The van der Waals surface area contributed by atoms with Crippen LogP contribution in [0.25, 0.3) is 10.9 Å². The summed E-state index contributed by atoms with van der Waals surface area (Å²) in [4.78, 5) is 28.8. The molecule has 0 atom stereocenters. The van der Waals surface area contributed by atoms with Crippen molar-refractivity contribution in [3.8, 4) is 11.5 Å². The van der Waals surface area contributed by atoms with Crippen molar-refractivity contribution in [1.29, 1.82) is 0 Å². The molecule has 1 amide bonds. The number of hydrogen-bond donors (Lipinski definition) is 1. The summed E-state index contributed by atoms with van der Waals surface area (Å²) in [5, 5.41) is 3.51. The Balaban J connectivity index is 1.45. The van der Waals surface area contributed by atoms with Gasteiger partial charge in [-0.3, -0.25) is 14.2 Å². The largest absolute Gasteiger partial charge is 0.493 e. The fraction of sp³-hybridized carbons (Fsp3) is 0.318. The summed E-state index contributed by atoms with van der Waals surface area (Å²) >= 11 is 0. The first-order chi connectivity index (χ1) is 14.1. The molecule has 0 spiro atoms. The minimum absolute atomic E-state index is 0.0349. The van der Waals surface area contributed by atoms with Crippen molar-refractivity contribution < 1.29 is 14.3 Å². The maximum atomic E-state index is 12.4. The Kier molecular flexibility index (Phi) is 6.84. The van der Waals surface area contributed by atoms with Crippen LogP contribution in [0, 0.1) is 0 Å². The van der Waals surface area contributed by atoms with Crippen molar-refractivity contribution in [2.45, 2.75) is 25.8 Å². The number of aryl methyl sites for hydroxylation is 1. The van der Waals surface area contributed by atoms with E-state index in [0.717, 1.165) is 5.56 Å². The summed E-state index contributed by atoms with van der Waals surface area (Å²) in [6.07, 6.45) is 3.16. The highest BCUT2D eigenvalue weighted by atomic mass is 16.5. The highest BCUT2D eigenvalue weighted by Gasteiger charge is 2.07. The fourth-order valence-electron chi connectivity index (χ4n) is 3.15. The van der Waals surface area contributed by atoms with E-state index in [0.29, 0.717) is 54.8 Å². The number of methoxy groups -OCH3 is 2. The minimum Gasteiger partial charge on any atom is -0.493 e. The second kappa shape index (κ2) is 9.73. The highest BCUT2D eigenvalue weighted by Crippen LogP contribution is 2.27. The van der Waals surface area contributed by atoms with Gasteiger partial charge in [0.2, 0.25) is 5.91 Å². The van der Waals surface area contributed by atoms with Crippen LogP contribution >= 0.6 is 0 Å². The van der Waals surface area contributed by atoms with Gasteiger partial charge >= 0.3 is 0 Å². The van der Waals surface area contributed by atoms with Gasteiger partial charge in [-0.15, -0.1) is 0 Å². The molecular formula is C22H25N3O4. The molecule has 0 fully saturated rings. The number of amides is 1. The topological polar surface area (TPSA) is 82.5 Å². The summed E-state index contributed by atoms with van der Waals surface area (Å²) in [6, 6.07) is 13.0. The van der Waals surface area contributed by atoms with E-state index >= 15 is 0 Å². The van der Waals surface area contributed by atoms with Crippen LogP contribution in [-0.2, 0) is 17.8 Å². The molecule has 1 N–H and O–H groups in total. The number of carbonyl (C=O) groups is 1. The number of ether oxygens (including phenoxy) is 2. The lowest BCUT2D eigenvalue weighted by atomic mass is 10.1. The zero-order valence-electron chi connectivity index (χ0n) is 16.7. The van der Waals surface area contributed by atoms with Crippen LogP contribution in [0.4, 0.5) is 0 Å². The Bertz CT molecular complexity index is 1050. The molecular weight excluding hydrogens is 370 g/mol. The Morgan fingerprint density at radius 2 is 1.90 bits per heavy atom. The van der Waals surface area contributed by atoms with Crippen molar-refractivity contribution in [3.63, 3.8) is 0 Å². The first kappa shape index (κ1) is 20.4. The summed E-state index contributed by atoms with van der Waals surface area (Å²) in [7, 11) is 3.19. The molecule has 0 unspecified atom stereocenters. The van der Waals surface area contributed by atoms with Crippen LogP contribution in [0.15, 0.2) is 53.6 Å². The molecule has 7 heteroatoms. The standard InChI is InChI=1S/C22H25N3O4/c1-28-19-10-9-16(14-20(19)29-2)11-12-23-21(26)8-5-13-25-15-24-18-7-4-3-6-17(18)22(25)27/h3-4,6-7,9-10,14-15H,5,8,11-13H2,1-2H3,(H,23,26). The van der Waals surface area contributed by atoms with Gasteiger partial charge in [-0.1, -0.05) is 18.2 Å². The average molecular weight is 395 g/mol. The van der Waals surface area contributed by atoms with Crippen LogP contribution in [0.2, 0.25) is 0 Å². The quantitative estimate of drug-likeness (QED) is 0.602. The number of fused-ring (bicyclic) bond motifs is 1. The van der Waals surface area contributed by atoms with E-state index in [9.17, 15) is 9.59 Å². The van der Waals surface area contributed by atoms with Crippen molar-refractivity contribution in [2.24, 2.45) is 0 Å². The maximum absolute atomic E-state index is 12.4. The number of hydrogen-bond acceptors (Lipinski definition) is 5. The normalized spacial score (nSPS) is 10.7. The predicted octanol–water partition coefficient (Wildman–Crippen LogP) is 2.55. The van der Waals surface area contributed by atoms with Gasteiger partial charge in [0.25, 0.3) is 5.56 Å². The summed E-state index contributed by atoms with van der Waals surface area (Å²) < 4.78 is 12.1. The van der Waals surface area contributed by atoms with Gasteiger partial charge in [0, 0.05) is 19.5 Å². The van der Waals surface area contributed by atoms with Gasteiger partial charge in [0.05, 0.1) is 31.4 Å². The molecule has 1 heterocycles. The monoisotopic (exact) mass is 395 g/mol. The highest BCUT2D eigenvalue weighted by molar-refractivity contribution is 5.77. The van der Waals surface area contributed by atoms with Crippen molar-refractivity contribution in [2.75, 3.05) is 20.8 Å². The van der Waals surface area contributed by atoms with Crippen molar-refractivity contribution in [1.82, 2.24) is 14.9 Å². The molecule has 0 bridgehead atoms. The van der Waals surface area contributed by atoms with Crippen LogP contribution < -0.4 is 20.3 Å². The minimum atomic E-state index is -0.0792. The fourth-order valence-corrected chi connectivity index (χ4v) is 3.15. The zero-order valence-corrected chi connectivity index (χ0v) is 16.7. The lowest BCUT2D eigenvalue weighted by Gasteiger charge is -2.10. The van der Waals surface area contributed by atoms with Gasteiger partial charge < -0.3 is 14.8 Å². The smallest absolute Gasteiger partial charge is 0.261 e. The number of nitrogens with zero attached hydrogens (tertiary/aromatic N) is 2. The van der Waals surface area contributed by atoms with Gasteiger partial charge in [0.15, 0.2) is 11.5 Å². The second-order valence-corrected chi connectivity index (χ2v) is 6.65. The SMILES string of the molecule is COc1ccc(CCNC(=O)CCCn2cnc3ccccc3c2=O)cc1OC. The molecule has 0 aliphatic carbocycles. The third-order valence-corrected chi connectivity index (χ3v) is 4.72. The molecule has 0 saturated carbocycles. The number of aromatic nitrogens is 2. The predicted molar refractivity (Wildman–Crippen MR) is 111 cm³/mol. The second-order valence-electron chi connectivity index (χ2n) is 6.65. The molecule has 0 saturated heterocycles. The van der Waals surface area contributed by atoms with Crippen LogP contribution in [0.1, 0.15) is 18.4 Å². The van der Waals surface area contributed by atoms with E-state index in [-0.39, 0.29) is 11.5 Å². The zero-order chi connectivity index (χ0) is 20.6. The van der Waals surface area contributed by atoms with E-state index in [1.54, 1.807) is 31.2 Å².